The second-order valence-electron chi connectivity index (χ2n) is 2.14. The fourth-order valence-corrected chi connectivity index (χ4v) is 0.889. The van der Waals surface area contributed by atoms with E-state index in [1.54, 1.807) is 0 Å². The highest BCUT2D eigenvalue weighted by molar-refractivity contribution is 5.77. The molecule has 0 amide bonds. The number of carbonyl (C=O) groups is 1. The fraction of sp³-hybridized carbons (Fsp3) is 0.800. The van der Waals surface area contributed by atoms with Gasteiger partial charge in [-0.15, -0.1) is 0 Å². The van der Waals surface area contributed by atoms with Gasteiger partial charge in [0.15, 0.2) is 0 Å². The largest absolute Gasteiger partial charge is 0.478 e. The Morgan fingerprint density at radius 2 is 2.44 bits per heavy atom. The van der Waals surface area contributed by atoms with Crippen molar-refractivity contribution in [3.05, 3.63) is 0 Å². The number of halogens is 1. The standard InChI is InChI=1S/C5H8FNO2/c6-5(4(8)9)2-1-3-7-5/h7H,1-3H2,(H,8,9). The van der Waals surface area contributed by atoms with Gasteiger partial charge in [0.05, 0.1) is 0 Å². The Kier molecular flexibility index (Phi) is 1.40. The number of rotatable bonds is 1. The highest BCUT2D eigenvalue weighted by atomic mass is 19.1. The van der Waals surface area contributed by atoms with E-state index in [0.29, 0.717) is 13.0 Å². The Morgan fingerprint density at radius 3 is 2.67 bits per heavy atom. The summed E-state index contributed by atoms with van der Waals surface area (Å²) in [4.78, 5) is 10.1. The third-order valence-electron chi connectivity index (χ3n) is 1.44. The van der Waals surface area contributed by atoms with Gasteiger partial charge in [0.1, 0.15) is 0 Å². The van der Waals surface area contributed by atoms with Crippen molar-refractivity contribution in [2.45, 2.75) is 18.6 Å². The van der Waals surface area contributed by atoms with Crippen molar-refractivity contribution in [3.63, 3.8) is 0 Å². The molecular weight excluding hydrogens is 125 g/mol. The molecule has 0 radical (unpaired) electrons. The smallest absolute Gasteiger partial charge is 0.356 e. The van der Waals surface area contributed by atoms with E-state index >= 15 is 0 Å². The summed E-state index contributed by atoms with van der Waals surface area (Å²) in [7, 11) is 0. The van der Waals surface area contributed by atoms with Crippen LogP contribution in [0.1, 0.15) is 12.8 Å². The van der Waals surface area contributed by atoms with E-state index in [4.69, 9.17) is 5.11 Å². The molecule has 0 aromatic carbocycles. The average molecular weight is 133 g/mol. The Labute approximate surface area is 51.9 Å². The van der Waals surface area contributed by atoms with E-state index in [9.17, 15) is 9.18 Å². The van der Waals surface area contributed by atoms with Crippen LogP contribution in [0.2, 0.25) is 0 Å². The quantitative estimate of drug-likeness (QED) is 0.499. The Morgan fingerprint density at radius 1 is 1.78 bits per heavy atom. The minimum atomic E-state index is -2.14. The Hall–Kier alpha value is -0.640. The molecule has 4 heteroatoms. The summed E-state index contributed by atoms with van der Waals surface area (Å²) in [5.74, 6) is -3.54. The van der Waals surface area contributed by atoms with Crippen molar-refractivity contribution in [1.29, 1.82) is 0 Å². The van der Waals surface area contributed by atoms with Gasteiger partial charge < -0.3 is 5.11 Å². The van der Waals surface area contributed by atoms with Crippen molar-refractivity contribution >= 4 is 5.97 Å². The summed E-state index contributed by atoms with van der Waals surface area (Å²) in [6, 6.07) is 0. The molecular formula is C5H8FNO2. The Bertz CT molecular complexity index is 131. The van der Waals surface area contributed by atoms with Gasteiger partial charge in [-0.3, -0.25) is 5.32 Å². The second-order valence-corrected chi connectivity index (χ2v) is 2.14. The fourth-order valence-electron chi connectivity index (χ4n) is 0.889. The first-order chi connectivity index (χ1) is 4.15. The third kappa shape index (κ3) is 1.03. The van der Waals surface area contributed by atoms with E-state index in [-0.39, 0.29) is 6.42 Å². The lowest BCUT2D eigenvalue weighted by Gasteiger charge is -2.11. The molecule has 3 nitrogen and oxygen atoms in total. The highest BCUT2D eigenvalue weighted by Crippen LogP contribution is 2.20. The molecule has 1 fully saturated rings. The lowest BCUT2D eigenvalue weighted by molar-refractivity contribution is -0.152. The van der Waals surface area contributed by atoms with Crippen LogP contribution in [0.3, 0.4) is 0 Å². The van der Waals surface area contributed by atoms with Crippen molar-refractivity contribution in [2.24, 2.45) is 0 Å². The van der Waals surface area contributed by atoms with Gasteiger partial charge in [-0.25, -0.2) is 9.18 Å². The van der Waals surface area contributed by atoms with E-state index in [1.165, 1.54) is 0 Å². The third-order valence-corrected chi connectivity index (χ3v) is 1.44. The summed E-state index contributed by atoms with van der Waals surface area (Å²) in [5, 5.41) is 10.5. The zero-order valence-electron chi connectivity index (χ0n) is 4.85. The van der Waals surface area contributed by atoms with Gasteiger partial charge in [-0.1, -0.05) is 0 Å². The van der Waals surface area contributed by atoms with Gasteiger partial charge in [-0.05, 0) is 13.0 Å². The van der Waals surface area contributed by atoms with Crippen LogP contribution in [0.5, 0.6) is 0 Å². The van der Waals surface area contributed by atoms with E-state index in [2.05, 4.69) is 5.32 Å². The van der Waals surface area contributed by atoms with Crippen molar-refractivity contribution < 1.29 is 14.3 Å². The summed E-state index contributed by atoms with van der Waals surface area (Å²) >= 11 is 0. The number of carboxylic acid groups (broad SMARTS) is 1. The number of carboxylic acids is 1. The van der Waals surface area contributed by atoms with Crippen LogP contribution >= 0.6 is 0 Å². The van der Waals surface area contributed by atoms with E-state index in [1.807, 2.05) is 0 Å². The monoisotopic (exact) mass is 133 g/mol. The van der Waals surface area contributed by atoms with Gasteiger partial charge in [-0.2, -0.15) is 0 Å². The molecule has 0 spiro atoms. The molecule has 1 rings (SSSR count). The maximum absolute atomic E-state index is 12.7. The van der Waals surface area contributed by atoms with Crippen molar-refractivity contribution in [1.82, 2.24) is 5.32 Å². The number of alkyl halides is 1. The molecule has 2 N–H and O–H groups in total. The molecule has 1 saturated heterocycles. The molecule has 0 aromatic heterocycles. The summed E-state index contributed by atoms with van der Waals surface area (Å²) < 4.78 is 12.7. The summed E-state index contributed by atoms with van der Waals surface area (Å²) in [5.41, 5.74) is 0. The first-order valence-electron chi connectivity index (χ1n) is 2.82. The SMILES string of the molecule is O=C(O)C1(F)CCCN1. The van der Waals surface area contributed by atoms with Crippen LogP contribution in [0.15, 0.2) is 0 Å². The second kappa shape index (κ2) is 1.95. The average Bonchev–Trinajstić information content (AvgIpc) is 2.16. The van der Waals surface area contributed by atoms with Gasteiger partial charge in [0, 0.05) is 6.42 Å². The van der Waals surface area contributed by atoms with Crippen LogP contribution in [-0.2, 0) is 4.79 Å². The molecule has 9 heavy (non-hydrogen) atoms. The number of hydrogen-bond acceptors (Lipinski definition) is 2. The molecule has 0 aliphatic carbocycles. The molecule has 1 aliphatic heterocycles. The normalized spacial score (nSPS) is 34.8. The predicted octanol–water partition coefficient (Wildman–Crippen LogP) is 0.120. The maximum Gasteiger partial charge on any atom is 0.356 e. The predicted molar refractivity (Wildman–Crippen MR) is 28.7 cm³/mol. The molecule has 1 unspecified atom stereocenters. The molecule has 1 heterocycles. The molecule has 1 aliphatic rings. The highest BCUT2D eigenvalue weighted by Gasteiger charge is 2.41. The number of hydrogen-bond donors (Lipinski definition) is 2. The lowest BCUT2D eigenvalue weighted by Crippen LogP contribution is -2.42. The topological polar surface area (TPSA) is 49.3 Å². The van der Waals surface area contributed by atoms with Crippen LogP contribution < -0.4 is 5.32 Å². The molecule has 0 aromatic rings. The molecule has 52 valence electrons. The summed E-state index contributed by atoms with van der Waals surface area (Å²) in [6.45, 7) is 0.461. The van der Waals surface area contributed by atoms with Crippen LogP contribution in [0.25, 0.3) is 0 Å². The van der Waals surface area contributed by atoms with Crippen molar-refractivity contribution in [3.8, 4) is 0 Å². The number of nitrogens with one attached hydrogen (secondary N) is 1. The molecule has 0 bridgehead atoms. The van der Waals surface area contributed by atoms with E-state index < -0.39 is 11.8 Å². The first-order valence-corrected chi connectivity index (χ1v) is 2.82. The maximum atomic E-state index is 12.7. The number of aliphatic carboxylic acids is 1. The van der Waals surface area contributed by atoms with Crippen LogP contribution in [0.4, 0.5) is 4.39 Å². The lowest BCUT2D eigenvalue weighted by atomic mass is 10.2. The Balaban J connectivity index is 2.61. The van der Waals surface area contributed by atoms with Gasteiger partial charge >= 0.3 is 5.97 Å². The summed E-state index contributed by atoms with van der Waals surface area (Å²) in [6.07, 6.45) is 0.686. The van der Waals surface area contributed by atoms with Gasteiger partial charge in [0.25, 0.3) is 5.79 Å². The zero-order valence-corrected chi connectivity index (χ0v) is 4.85. The first kappa shape index (κ1) is 6.48. The van der Waals surface area contributed by atoms with E-state index in [0.717, 1.165) is 0 Å². The van der Waals surface area contributed by atoms with Gasteiger partial charge in [0.2, 0.25) is 0 Å². The minimum absolute atomic E-state index is 0.0856. The van der Waals surface area contributed by atoms with Crippen molar-refractivity contribution in [2.75, 3.05) is 6.54 Å². The zero-order chi connectivity index (χ0) is 6.91. The molecule has 1 atom stereocenters. The molecule has 0 saturated carbocycles. The van der Waals surface area contributed by atoms with Crippen LogP contribution in [-0.4, -0.2) is 23.4 Å². The van der Waals surface area contributed by atoms with Crippen LogP contribution in [0, 0.1) is 0 Å². The minimum Gasteiger partial charge on any atom is -0.478 e.